The molecule has 41 heavy (non-hydrogen) atoms. The molecule has 2 atom stereocenters. The summed E-state index contributed by atoms with van der Waals surface area (Å²) in [4.78, 5) is 11.4. The normalized spacial score (nSPS) is 21.2. The molecule has 210 valence electrons. The van der Waals surface area contributed by atoms with E-state index in [9.17, 15) is 13.9 Å². The van der Waals surface area contributed by atoms with Gasteiger partial charge in [-0.15, -0.1) is 6.42 Å². The molecule has 2 aromatic carbocycles. The minimum atomic E-state index is -1.52. The number of aryl methyl sites for hydroxylation is 1. The molecule has 4 aromatic rings. The van der Waals surface area contributed by atoms with Crippen molar-refractivity contribution in [3.05, 3.63) is 53.2 Å². The summed E-state index contributed by atoms with van der Waals surface area (Å²) in [6, 6.07) is 6.05. The Kier molecular flexibility index (Phi) is 5.99. The van der Waals surface area contributed by atoms with Crippen molar-refractivity contribution in [3.63, 3.8) is 0 Å². The topological polar surface area (TPSA) is 82.5 Å². The zero-order valence-corrected chi connectivity index (χ0v) is 22.4. The van der Waals surface area contributed by atoms with Crippen molar-refractivity contribution in [2.24, 2.45) is 0 Å². The minimum absolute atomic E-state index is 0.0476. The third kappa shape index (κ3) is 4.23. The van der Waals surface area contributed by atoms with Crippen molar-refractivity contribution < 1.29 is 23.0 Å². The van der Waals surface area contributed by atoms with E-state index < -0.39 is 17.3 Å². The second kappa shape index (κ2) is 9.50. The zero-order valence-electron chi connectivity index (χ0n) is 22.4. The summed E-state index contributed by atoms with van der Waals surface area (Å²) in [6.45, 7) is 3.18. The number of anilines is 1. The Hall–Kier alpha value is -4.07. The van der Waals surface area contributed by atoms with Gasteiger partial charge in [-0.2, -0.15) is 4.98 Å². The quantitative estimate of drug-likeness (QED) is 0.314. The first-order valence-corrected chi connectivity index (χ1v) is 13.7. The molecule has 3 fully saturated rings. The number of nitrogens with zero attached hydrogens (tertiary/aromatic N) is 3. The third-order valence-electron chi connectivity index (χ3n) is 8.48. The van der Waals surface area contributed by atoms with Crippen LogP contribution in [0.1, 0.15) is 24.0 Å². The molecule has 0 radical (unpaired) electrons. The van der Waals surface area contributed by atoms with E-state index in [4.69, 9.17) is 16.1 Å². The maximum atomic E-state index is 16.8. The van der Waals surface area contributed by atoms with Crippen molar-refractivity contribution in [1.29, 1.82) is 0 Å². The van der Waals surface area contributed by atoms with Crippen LogP contribution in [0.4, 0.5) is 19.0 Å². The predicted octanol–water partition coefficient (Wildman–Crippen LogP) is 4.35. The van der Waals surface area contributed by atoms with Gasteiger partial charge in [-0.1, -0.05) is 12.0 Å². The molecule has 5 heterocycles. The number of fused-ring (bicyclic) bond motifs is 4. The van der Waals surface area contributed by atoms with Crippen molar-refractivity contribution in [2.75, 3.05) is 37.7 Å². The second-order valence-electron chi connectivity index (χ2n) is 11.3. The summed E-state index contributed by atoms with van der Waals surface area (Å²) < 4.78 is 52.3. The van der Waals surface area contributed by atoms with Crippen molar-refractivity contribution in [3.8, 4) is 35.2 Å². The van der Waals surface area contributed by atoms with Gasteiger partial charge in [0.05, 0.1) is 5.56 Å². The van der Waals surface area contributed by atoms with Crippen molar-refractivity contribution >= 4 is 27.4 Å². The Morgan fingerprint density at radius 2 is 1.93 bits per heavy atom. The number of hydrogen-bond acceptors (Lipinski definition) is 7. The smallest absolute Gasteiger partial charge is 0.219 e. The molecular weight excluding hydrogens is 531 g/mol. The number of phenols is 1. The SMILES string of the molecule is C#Cc1c(F)ccc2cc(O)cc(-c3ncc4c(N5CC6CCC(C5)N6)nc(OCC5(F)CNC5)c(C)c4c3F)c12. The molecule has 2 unspecified atom stereocenters. The van der Waals surface area contributed by atoms with Gasteiger partial charge in [0, 0.05) is 71.7 Å². The number of hydrogen-bond donors (Lipinski definition) is 3. The van der Waals surface area contributed by atoms with E-state index in [1.165, 1.54) is 24.3 Å². The van der Waals surface area contributed by atoms with Gasteiger partial charge in [-0.25, -0.2) is 13.2 Å². The number of phenolic OH excluding ortho intramolecular Hbond substituents is 1. The van der Waals surface area contributed by atoms with Crippen molar-refractivity contribution in [2.45, 2.75) is 37.5 Å². The van der Waals surface area contributed by atoms with Crippen LogP contribution in [0.25, 0.3) is 32.8 Å². The van der Waals surface area contributed by atoms with Crippen LogP contribution in [0.5, 0.6) is 11.6 Å². The first-order chi connectivity index (χ1) is 19.7. The van der Waals surface area contributed by atoms with Crippen LogP contribution in [-0.2, 0) is 0 Å². The monoisotopic (exact) mass is 559 g/mol. The number of pyridine rings is 2. The lowest BCUT2D eigenvalue weighted by molar-refractivity contribution is 0.0327. The van der Waals surface area contributed by atoms with E-state index in [0.29, 0.717) is 47.3 Å². The molecule has 0 spiro atoms. The lowest BCUT2D eigenvalue weighted by Crippen LogP contribution is -2.59. The van der Waals surface area contributed by atoms with Crippen molar-refractivity contribution in [1.82, 2.24) is 20.6 Å². The number of aromatic nitrogens is 2. The van der Waals surface area contributed by atoms with Gasteiger partial charge in [-0.05, 0) is 43.4 Å². The molecular formula is C31H28F3N5O2. The number of terminal acetylenes is 1. The molecule has 2 aromatic heterocycles. The Balaban J connectivity index is 1.45. The fraction of sp³-hybridized carbons (Fsp3) is 0.355. The molecule has 3 aliphatic heterocycles. The van der Waals surface area contributed by atoms with Gasteiger partial charge < -0.3 is 25.4 Å². The maximum absolute atomic E-state index is 16.8. The lowest BCUT2D eigenvalue weighted by Gasteiger charge is -2.36. The minimum Gasteiger partial charge on any atom is -0.508 e. The molecule has 7 nitrogen and oxygen atoms in total. The largest absolute Gasteiger partial charge is 0.508 e. The maximum Gasteiger partial charge on any atom is 0.219 e. The Bertz CT molecular complexity index is 1760. The molecule has 3 aliphatic rings. The molecule has 0 saturated carbocycles. The fourth-order valence-corrected chi connectivity index (χ4v) is 6.36. The number of benzene rings is 2. The van der Waals surface area contributed by atoms with Gasteiger partial charge in [-0.3, -0.25) is 4.98 Å². The Labute approximate surface area is 234 Å². The van der Waals surface area contributed by atoms with Crippen LogP contribution < -0.4 is 20.3 Å². The molecule has 7 rings (SSSR count). The summed E-state index contributed by atoms with van der Waals surface area (Å²) in [5.41, 5.74) is -1.11. The first-order valence-electron chi connectivity index (χ1n) is 13.7. The molecule has 2 bridgehead atoms. The average molecular weight is 560 g/mol. The summed E-state index contributed by atoms with van der Waals surface area (Å²) in [6.07, 6.45) is 9.29. The van der Waals surface area contributed by atoms with Crippen LogP contribution in [-0.4, -0.2) is 65.6 Å². The fourth-order valence-electron chi connectivity index (χ4n) is 6.36. The highest BCUT2D eigenvalue weighted by Crippen LogP contribution is 2.41. The Morgan fingerprint density at radius 1 is 1.17 bits per heavy atom. The predicted molar refractivity (Wildman–Crippen MR) is 151 cm³/mol. The number of rotatable bonds is 5. The first kappa shape index (κ1) is 25.9. The van der Waals surface area contributed by atoms with Crippen LogP contribution in [0.3, 0.4) is 0 Å². The Morgan fingerprint density at radius 3 is 2.61 bits per heavy atom. The van der Waals surface area contributed by atoms with Crippen LogP contribution >= 0.6 is 0 Å². The summed E-state index contributed by atoms with van der Waals surface area (Å²) in [7, 11) is 0. The molecule has 0 amide bonds. The highest BCUT2D eigenvalue weighted by molar-refractivity contribution is 6.04. The number of alkyl halides is 1. The van der Waals surface area contributed by atoms with Gasteiger partial charge >= 0.3 is 0 Å². The summed E-state index contributed by atoms with van der Waals surface area (Å²) in [5.74, 6) is 1.57. The molecule has 3 saturated heterocycles. The van der Waals surface area contributed by atoms with Gasteiger partial charge in [0.2, 0.25) is 5.88 Å². The lowest BCUT2D eigenvalue weighted by atomic mass is 9.95. The van der Waals surface area contributed by atoms with Gasteiger partial charge in [0.25, 0.3) is 0 Å². The number of nitrogens with one attached hydrogen (secondary N) is 2. The van der Waals surface area contributed by atoms with E-state index in [1.807, 2.05) is 0 Å². The number of aromatic hydroxyl groups is 1. The second-order valence-corrected chi connectivity index (χ2v) is 11.3. The molecule has 0 aliphatic carbocycles. The van der Waals surface area contributed by atoms with E-state index in [1.54, 1.807) is 13.1 Å². The average Bonchev–Trinajstić information content (AvgIpc) is 3.28. The number of piperazine rings is 1. The standard InChI is InChI=1S/C31H28F3N5O2/c1-3-21-24(32)7-4-17-8-20(40)9-22(26(17)21)28-27(33)25-16(2)30(41-15-31(34)13-35-14-31)38-29(23(25)10-36-28)39-11-18-5-6-19(12-39)37-18/h1,4,7-10,18-19,35,37,40H,5-6,11-15H2,2H3. The van der Waals surface area contributed by atoms with E-state index in [0.717, 1.165) is 12.8 Å². The van der Waals surface area contributed by atoms with E-state index in [-0.39, 0.29) is 58.9 Å². The summed E-state index contributed by atoms with van der Waals surface area (Å²) in [5, 5.41) is 18.4. The third-order valence-corrected chi connectivity index (χ3v) is 8.48. The van der Waals surface area contributed by atoms with Gasteiger partial charge in [0.1, 0.15) is 29.7 Å². The van der Waals surface area contributed by atoms with Crippen LogP contribution in [0.15, 0.2) is 30.5 Å². The van der Waals surface area contributed by atoms with Gasteiger partial charge in [0.15, 0.2) is 11.5 Å². The number of ether oxygens (including phenoxy) is 1. The molecule has 10 heteroatoms. The van der Waals surface area contributed by atoms with Crippen LogP contribution in [0.2, 0.25) is 0 Å². The van der Waals surface area contributed by atoms with E-state index in [2.05, 4.69) is 26.4 Å². The molecule has 3 N–H and O–H groups in total. The summed E-state index contributed by atoms with van der Waals surface area (Å²) >= 11 is 0. The highest BCUT2D eigenvalue weighted by Gasteiger charge is 2.39. The number of halogens is 3. The highest BCUT2D eigenvalue weighted by atomic mass is 19.1. The van der Waals surface area contributed by atoms with E-state index >= 15 is 4.39 Å². The zero-order chi connectivity index (χ0) is 28.5. The van der Waals surface area contributed by atoms with Crippen LogP contribution in [0, 0.1) is 30.9 Å².